The normalized spacial score (nSPS) is 14.9. The largest absolute Gasteiger partial charge is 0.389 e. The van der Waals surface area contributed by atoms with Crippen LogP contribution in [-0.2, 0) is 6.54 Å². The number of halogens is 1. The highest BCUT2D eigenvalue weighted by Crippen LogP contribution is 2.10. The van der Waals surface area contributed by atoms with Crippen LogP contribution in [0.15, 0.2) is 24.3 Å². The van der Waals surface area contributed by atoms with E-state index >= 15 is 0 Å². The predicted molar refractivity (Wildman–Crippen MR) is 64.1 cm³/mol. The molecule has 0 aliphatic heterocycles. The number of hydrogen-bond acceptors (Lipinski definition) is 2. The Morgan fingerprint density at radius 3 is 2.47 bits per heavy atom. The van der Waals surface area contributed by atoms with Crippen molar-refractivity contribution < 1.29 is 5.11 Å². The third kappa shape index (κ3) is 4.65. The minimum atomic E-state index is -0.619. The van der Waals surface area contributed by atoms with Crippen molar-refractivity contribution in [1.82, 2.24) is 5.32 Å². The SMILES string of the molecule is CCC(C)(O)CNCc1ccc(Cl)cc1. The first-order valence-electron chi connectivity index (χ1n) is 5.21. The van der Waals surface area contributed by atoms with Crippen LogP contribution >= 0.6 is 11.6 Å². The van der Waals surface area contributed by atoms with E-state index in [1.165, 1.54) is 5.56 Å². The topological polar surface area (TPSA) is 32.3 Å². The van der Waals surface area contributed by atoms with Crippen LogP contribution in [-0.4, -0.2) is 17.3 Å². The summed E-state index contributed by atoms with van der Waals surface area (Å²) in [6.07, 6.45) is 0.751. The molecular weight excluding hydrogens is 210 g/mol. The van der Waals surface area contributed by atoms with Crippen molar-refractivity contribution in [3.8, 4) is 0 Å². The molecule has 0 bridgehead atoms. The Morgan fingerprint density at radius 1 is 1.33 bits per heavy atom. The molecule has 1 aromatic carbocycles. The third-order valence-corrected chi connectivity index (χ3v) is 2.76. The Bertz CT molecular complexity index is 295. The maximum Gasteiger partial charge on any atom is 0.0741 e. The summed E-state index contributed by atoms with van der Waals surface area (Å²) in [7, 11) is 0. The van der Waals surface area contributed by atoms with Gasteiger partial charge < -0.3 is 10.4 Å². The monoisotopic (exact) mass is 227 g/mol. The summed E-state index contributed by atoms with van der Waals surface area (Å²) >= 11 is 5.78. The van der Waals surface area contributed by atoms with Gasteiger partial charge in [-0.05, 0) is 31.0 Å². The molecule has 1 rings (SSSR count). The van der Waals surface area contributed by atoms with E-state index in [0.717, 1.165) is 18.0 Å². The van der Waals surface area contributed by atoms with E-state index in [1.54, 1.807) is 0 Å². The molecule has 15 heavy (non-hydrogen) atoms. The summed E-state index contributed by atoms with van der Waals surface area (Å²) < 4.78 is 0. The van der Waals surface area contributed by atoms with Gasteiger partial charge in [-0.2, -0.15) is 0 Å². The molecule has 0 fully saturated rings. The summed E-state index contributed by atoms with van der Waals surface area (Å²) in [5.41, 5.74) is 0.554. The Kier molecular flexibility index (Phi) is 4.58. The summed E-state index contributed by atoms with van der Waals surface area (Å²) in [5, 5.41) is 13.7. The van der Waals surface area contributed by atoms with Gasteiger partial charge in [-0.25, -0.2) is 0 Å². The first-order valence-corrected chi connectivity index (χ1v) is 5.59. The Labute approximate surface area is 96.3 Å². The predicted octanol–water partition coefficient (Wildman–Crippen LogP) is 2.59. The zero-order valence-corrected chi connectivity index (χ0v) is 10.0. The number of nitrogens with one attached hydrogen (secondary N) is 1. The van der Waals surface area contributed by atoms with Gasteiger partial charge in [0, 0.05) is 18.1 Å². The van der Waals surface area contributed by atoms with Gasteiger partial charge in [-0.3, -0.25) is 0 Å². The average Bonchev–Trinajstić information content (AvgIpc) is 2.21. The van der Waals surface area contributed by atoms with Crippen molar-refractivity contribution in [2.45, 2.75) is 32.4 Å². The molecule has 2 nitrogen and oxygen atoms in total. The van der Waals surface area contributed by atoms with Gasteiger partial charge in [0.05, 0.1) is 5.60 Å². The molecule has 0 radical (unpaired) electrons. The van der Waals surface area contributed by atoms with Gasteiger partial charge in [0.15, 0.2) is 0 Å². The van der Waals surface area contributed by atoms with Crippen molar-refractivity contribution in [3.05, 3.63) is 34.9 Å². The molecule has 0 saturated carbocycles. The number of benzene rings is 1. The zero-order chi connectivity index (χ0) is 11.3. The molecule has 1 atom stereocenters. The molecule has 0 saturated heterocycles. The minimum absolute atomic E-state index is 0.603. The van der Waals surface area contributed by atoms with Crippen LogP contribution in [0.1, 0.15) is 25.8 Å². The maximum absolute atomic E-state index is 9.76. The van der Waals surface area contributed by atoms with Crippen LogP contribution < -0.4 is 5.32 Å². The second-order valence-electron chi connectivity index (χ2n) is 4.08. The highest BCUT2D eigenvalue weighted by Gasteiger charge is 2.15. The molecule has 3 heteroatoms. The molecule has 0 aromatic heterocycles. The second-order valence-corrected chi connectivity index (χ2v) is 4.52. The van der Waals surface area contributed by atoms with E-state index in [2.05, 4.69) is 5.32 Å². The molecule has 0 amide bonds. The quantitative estimate of drug-likeness (QED) is 0.811. The molecular formula is C12H18ClNO. The van der Waals surface area contributed by atoms with Gasteiger partial charge >= 0.3 is 0 Å². The van der Waals surface area contributed by atoms with Crippen LogP contribution in [0.5, 0.6) is 0 Å². The fraction of sp³-hybridized carbons (Fsp3) is 0.500. The van der Waals surface area contributed by atoms with Gasteiger partial charge in [-0.15, -0.1) is 0 Å². The van der Waals surface area contributed by atoms with Gasteiger partial charge in [0.25, 0.3) is 0 Å². The summed E-state index contributed by atoms with van der Waals surface area (Å²) in [6, 6.07) is 7.71. The van der Waals surface area contributed by atoms with E-state index in [0.29, 0.717) is 6.54 Å². The van der Waals surface area contributed by atoms with E-state index in [1.807, 2.05) is 38.1 Å². The number of aliphatic hydroxyl groups is 1. The van der Waals surface area contributed by atoms with Crippen molar-refractivity contribution in [2.24, 2.45) is 0 Å². The Morgan fingerprint density at radius 2 is 1.93 bits per heavy atom. The molecule has 84 valence electrons. The highest BCUT2D eigenvalue weighted by atomic mass is 35.5. The standard InChI is InChI=1S/C12H18ClNO/c1-3-12(2,15)9-14-8-10-4-6-11(13)7-5-10/h4-7,14-15H,3,8-9H2,1-2H3. The summed E-state index contributed by atoms with van der Waals surface area (Å²) in [4.78, 5) is 0. The molecule has 0 aliphatic rings. The second kappa shape index (κ2) is 5.50. The van der Waals surface area contributed by atoms with Crippen molar-refractivity contribution in [3.63, 3.8) is 0 Å². The first kappa shape index (κ1) is 12.5. The van der Waals surface area contributed by atoms with Crippen molar-refractivity contribution in [1.29, 1.82) is 0 Å². The van der Waals surface area contributed by atoms with Crippen molar-refractivity contribution in [2.75, 3.05) is 6.54 Å². The Balaban J connectivity index is 2.35. The smallest absolute Gasteiger partial charge is 0.0741 e. The fourth-order valence-corrected chi connectivity index (χ4v) is 1.33. The van der Waals surface area contributed by atoms with Gasteiger partial charge in [-0.1, -0.05) is 30.7 Å². The molecule has 0 aliphatic carbocycles. The lowest BCUT2D eigenvalue weighted by molar-refractivity contribution is 0.0555. The summed E-state index contributed by atoms with van der Waals surface area (Å²) in [5.74, 6) is 0. The molecule has 2 N–H and O–H groups in total. The van der Waals surface area contributed by atoms with E-state index < -0.39 is 5.60 Å². The lowest BCUT2D eigenvalue weighted by atomic mass is 10.0. The van der Waals surface area contributed by atoms with E-state index in [-0.39, 0.29) is 0 Å². The van der Waals surface area contributed by atoms with Crippen molar-refractivity contribution >= 4 is 11.6 Å². The van der Waals surface area contributed by atoms with Crippen LogP contribution in [0.3, 0.4) is 0 Å². The number of hydrogen-bond donors (Lipinski definition) is 2. The van der Waals surface area contributed by atoms with Gasteiger partial charge in [0.1, 0.15) is 0 Å². The van der Waals surface area contributed by atoms with Crippen LogP contribution in [0.2, 0.25) is 5.02 Å². The zero-order valence-electron chi connectivity index (χ0n) is 9.26. The average molecular weight is 228 g/mol. The first-order chi connectivity index (χ1) is 7.03. The fourth-order valence-electron chi connectivity index (χ4n) is 1.20. The van der Waals surface area contributed by atoms with Gasteiger partial charge in [0.2, 0.25) is 0 Å². The number of rotatable bonds is 5. The third-order valence-electron chi connectivity index (χ3n) is 2.51. The van der Waals surface area contributed by atoms with E-state index in [4.69, 9.17) is 11.6 Å². The lowest BCUT2D eigenvalue weighted by Crippen LogP contribution is -2.36. The molecule has 1 unspecified atom stereocenters. The molecule has 0 spiro atoms. The van der Waals surface area contributed by atoms with E-state index in [9.17, 15) is 5.11 Å². The minimum Gasteiger partial charge on any atom is -0.389 e. The van der Waals surface area contributed by atoms with Crippen LogP contribution in [0.25, 0.3) is 0 Å². The Hall–Kier alpha value is -0.570. The maximum atomic E-state index is 9.76. The van der Waals surface area contributed by atoms with Crippen LogP contribution in [0, 0.1) is 0 Å². The summed E-state index contributed by atoms with van der Waals surface area (Å²) in [6.45, 7) is 5.17. The highest BCUT2D eigenvalue weighted by molar-refractivity contribution is 6.30. The molecule has 0 heterocycles. The lowest BCUT2D eigenvalue weighted by Gasteiger charge is -2.21. The molecule has 1 aromatic rings. The van der Waals surface area contributed by atoms with Crippen LogP contribution in [0.4, 0.5) is 0 Å².